The zero-order chi connectivity index (χ0) is 9.83. The summed E-state index contributed by atoms with van der Waals surface area (Å²) in [5, 5.41) is 0. The molecule has 0 aliphatic rings. The maximum atomic E-state index is 11.2. The summed E-state index contributed by atoms with van der Waals surface area (Å²) in [5.74, 6) is -0.257. The molecule has 0 amide bonds. The molecule has 0 aliphatic heterocycles. The molecule has 0 aromatic heterocycles. The second kappa shape index (κ2) is 5.01. The Morgan fingerprint density at radius 1 is 1.33 bits per heavy atom. The SMILES string of the molecule is COP(=O)(OC)OC(Cl)(Cl)CCl. The number of rotatable bonds is 5. The summed E-state index contributed by atoms with van der Waals surface area (Å²) in [5.41, 5.74) is 0. The van der Waals surface area contributed by atoms with Crippen molar-refractivity contribution in [1.82, 2.24) is 0 Å². The monoisotopic (exact) mass is 256 g/mol. The van der Waals surface area contributed by atoms with Crippen molar-refractivity contribution >= 4 is 42.6 Å². The van der Waals surface area contributed by atoms with Gasteiger partial charge in [-0.05, 0) is 0 Å². The molecular weight excluding hydrogens is 249 g/mol. The molecule has 0 rings (SSSR count). The number of hydrogen-bond donors (Lipinski definition) is 0. The Labute approximate surface area is 85.6 Å². The number of phosphoric acid groups is 1. The molecule has 0 saturated carbocycles. The molecule has 0 unspecified atom stereocenters. The fourth-order valence-electron chi connectivity index (χ4n) is 0.337. The predicted octanol–water partition coefficient (Wildman–Crippen LogP) is 2.77. The smallest absolute Gasteiger partial charge is 0.290 e. The van der Waals surface area contributed by atoms with Crippen LogP contribution in [0.5, 0.6) is 0 Å². The second-order valence-corrected chi connectivity index (χ2v) is 5.16. The molecule has 0 aromatic rings. The van der Waals surface area contributed by atoms with Crippen LogP contribution in [-0.4, -0.2) is 24.6 Å². The van der Waals surface area contributed by atoms with E-state index in [1.165, 1.54) is 0 Å². The third kappa shape index (κ3) is 4.28. The minimum absolute atomic E-state index is 0.257. The van der Waals surface area contributed by atoms with Gasteiger partial charge in [0.25, 0.3) is 0 Å². The Hall–Kier alpha value is 0.980. The summed E-state index contributed by atoms with van der Waals surface area (Å²) in [6, 6.07) is 0. The first-order chi connectivity index (χ1) is 5.39. The van der Waals surface area contributed by atoms with Gasteiger partial charge in [-0.15, -0.1) is 11.6 Å². The fourth-order valence-corrected chi connectivity index (χ4v) is 1.66. The zero-order valence-electron chi connectivity index (χ0n) is 6.42. The maximum Gasteiger partial charge on any atom is 0.476 e. The van der Waals surface area contributed by atoms with Gasteiger partial charge in [0, 0.05) is 14.2 Å². The highest BCUT2D eigenvalue weighted by Crippen LogP contribution is 2.53. The van der Waals surface area contributed by atoms with Gasteiger partial charge in [0.15, 0.2) is 0 Å². The van der Waals surface area contributed by atoms with Crippen molar-refractivity contribution in [3.8, 4) is 0 Å². The summed E-state index contributed by atoms with van der Waals surface area (Å²) in [6.45, 7) is 0. The molecular formula is C4H8Cl3O4P. The molecule has 4 nitrogen and oxygen atoms in total. The van der Waals surface area contributed by atoms with Crippen molar-refractivity contribution in [3.63, 3.8) is 0 Å². The van der Waals surface area contributed by atoms with Gasteiger partial charge < -0.3 is 0 Å². The van der Waals surface area contributed by atoms with E-state index in [0.717, 1.165) is 14.2 Å². The van der Waals surface area contributed by atoms with E-state index in [2.05, 4.69) is 13.6 Å². The topological polar surface area (TPSA) is 44.8 Å². The number of phosphoric ester groups is 1. The van der Waals surface area contributed by atoms with Crippen molar-refractivity contribution < 1.29 is 18.1 Å². The van der Waals surface area contributed by atoms with Crippen LogP contribution in [0.4, 0.5) is 0 Å². The summed E-state index contributed by atoms with van der Waals surface area (Å²) in [4.78, 5) is 0. The second-order valence-electron chi connectivity index (χ2n) is 1.67. The minimum Gasteiger partial charge on any atom is -0.290 e. The quantitative estimate of drug-likeness (QED) is 0.561. The van der Waals surface area contributed by atoms with E-state index in [1.807, 2.05) is 0 Å². The molecule has 8 heteroatoms. The van der Waals surface area contributed by atoms with Crippen molar-refractivity contribution in [2.45, 2.75) is 4.52 Å². The standard InChI is InChI=1S/C4H8Cl3O4P/c1-9-12(8,10-2)11-4(6,7)3-5/h3H2,1-2H3. The van der Waals surface area contributed by atoms with Gasteiger partial charge in [0.1, 0.15) is 0 Å². The zero-order valence-corrected chi connectivity index (χ0v) is 9.58. The Morgan fingerprint density at radius 3 is 2.00 bits per heavy atom. The summed E-state index contributed by atoms with van der Waals surface area (Å²) in [6.07, 6.45) is 0. The van der Waals surface area contributed by atoms with Crippen LogP contribution < -0.4 is 0 Å². The molecule has 0 saturated heterocycles. The van der Waals surface area contributed by atoms with Crippen molar-refractivity contribution in [2.75, 3.05) is 20.1 Å². The first-order valence-corrected chi connectivity index (χ1v) is 5.50. The highest BCUT2D eigenvalue weighted by atomic mass is 35.5. The third-order valence-corrected chi connectivity index (χ3v) is 3.56. The molecule has 12 heavy (non-hydrogen) atoms. The van der Waals surface area contributed by atoms with Gasteiger partial charge in [0.2, 0.25) is 4.52 Å². The van der Waals surface area contributed by atoms with Gasteiger partial charge in [-0.2, -0.15) is 0 Å². The Balaban J connectivity index is 4.31. The molecule has 0 fully saturated rings. The van der Waals surface area contributed by atoms with E-state index in [9.17, 15) is 4.57 Å². The molecule has 0 N–H and O–H groups in total. The maximum absolute atomic E-state index is 11.2. The van der Waals surface area contributed by atoms with Crippen LogP contribution in [0.25, 0.3) is 0 Å². The largest absolute Gasteiger partial charge is 0.476 e. The van der Waals surface area contributed by atoms with E-state index < -0.39 is 12.3 Å². The van der Waals surface area contributed by atoms with Crippen molar-refractivity contribution in [3.05, 3.63) is 0 Å². The normalized spacial score (nSPS) is 13.4. The fraction of sp³-hybridized carbons (Fsp3) is 1.00. The summed E-state index contributed by atoms with van der Waals surface area (Å²) >= 11 is 16.2. The number of alkyl halides is 3. The first-order valence-electron chi connectivity index (χ1n) is 2.75. The highest BCUT2D eigenvalue weighted by molar-refractivity contribution is 7.48. The lowest BCUT2D eigenvalue weighted by Gasteiger charge is -2.21. The number of halogens is 3. The molecule has 0 radical (unpaired) electrons. The van der Waals surface area contributed by atoms with Gasteiger partial charge in [0.05, 0.1) is 5.88 Å². The van der Waals surface area contributed by atoms with Crippen LogP contribution in [0.1, 0.15) is 0 Å². The Bertz CT molecular complexity index is 177. The van der Waals surface area contributed by atoms with Crippen LogP contribution in [0.3, 0.4) is 0 Å². The van der Waals surface area contributed by atoms with Gasteiger partial charge in [-0.3, -0.25) is 9.05 Å². The van der Waals surface area contributed by atoms with Crippen LogP contribution in [0.2, 0.25) is 0 Å². The van der Waals surface area contributed by atoms with E-state index in [-0.39, 0.29) is 5.88 Å². The molecule has 0 aromatic carbocycles. The lowest BCUT2D eigenvalue weighted by atomic mass is 10.8. The Kier molecular flexibility index (Phi) is 5.42. The molecule has 0 spiro atoms. The van der Waals surface area contributed by atoms with E-state index >= 15 is 0 Å². The van der Waals surface area contributed by atoms with Crippen molar-refractivity contribution in [1.29, 1.82) is 0 Å². The van der Waals surface area contributed by atoms with Crippen molar-refractivity contribution in [2.24, 2.45) is 0 Å². The van der Waals surface area contributed by atoms with Gasteiger partial charge in [-0.1, -0.05) is 23.2 Å². The molecule has 0 atom stereocenters. The molecule has 0 aliphatic carbocycles. The van der Waals surface area contributed by atoms with E-state index in [0.29, 0.717) is 0 Å². The van der Waals surface area contributed by atoms with Crippen LogP contribution in [0, 0.1) is 0 Å². The van der Waals surface area contributed by atoms with Crippen LogP contribution >= 0.6 is 42.6 Å². The van der Waals surface area contributed by atoms with Gasteiger partial charge in [-0.25, -0.2) is 9.09 Å². The van der Waals surface area contributed by atoms with Crippen LogP contribution in [0.15, 0.2) is 0 Å². The first kappa shape index (κ1) is 13.0. The van der Waals surface area contributed by atoms with Gasteiger partial charge >= 0.3 is 7.82 Å². The molecule has 0 heterocycles. The summed E-state index contributed by atoms with van der Waals surface area (Å²) < 4.78 is 22.9. The number of hydrogen-bond acceptors (Lipinski definition) is 4. The highest BCUT2D eigenvalue weighted by Gasteiger charge is 2.36. The van der Waals surface area contributed by atoms with E-state index in [1.54, 1.807) is 0 Å². The third-order valence-electron chi connectivity index (χ3n) is 0.848. The lowest BCUT2D eigenvalue weighted by Crippen LogP contribution is -2.19. The Morgan fingerprint density at radius 2 is 1.75 bits per heavy atom. The average molecular weight is 257 g/mol. The predicted molar refractivity (Wildman–Crippen MR) is 47.9 cm³/mol. The molecule has 0 bridgehead atoms. The van der Waals surface area contributed by atoms with Crippen LogP contribution in [-0.2, 0) is 18.1 Å². The summed E-state index contributed by atoms with van der Waals surface area (Å²) in [7, 11) is -1.39. The minimum atomic E-state index is -3.67. The van der Waals surface area contributed by atoms with E-state index in [4.69, 9.17) is 34.8 Å². The average Bonchev–Trinajstić information content (AvgIpc) is 2.04. The lowest BCUT2D eigenvalue weighted by molar-refractivity contribution is 0.131. The molecule has 74 valence electrons.